The Bertz CT molecular complexity index is 1010. The molecule has 2 heterocycles. The minimum absolute atomic E-state index is 0.181. The number of nitrogens with zero attached hydrogens (tertiary/aromatic N) is 2. The lowest BCUT2D eigenvalue weighted by Crippen LogP contribution is -2.36. The van der Waals surface area contributed by atoms with Gasteiger partial charge < -0.3 is 0 Å². The fourth-order valence-corrected chi connectivity index (χ4v) is 5.96. The van der Waals surface area contributed by atoms with E-state index in [0.717, 1.165) is 27.4 Å². The van der Waals surface area contributed by atoms with Gasteiger partial charge in [0.15, 0.2) is 5.03 Å². The third-order valence-electron chi connectivity index (χ3n) is 4.42. The van der Waals surface area contributed by atoms with Gasteiger partial charge in [0, 0.05) is 13.1 Å². The van der Waals surface area contributed by atoms with E-state index in [1.807, 2.05) is 55.5 Å². The van der Waals surface area contributed by atoms with Gasteiger partial charge in [-0.05, 0) is 30.0 Å². The third kappa shape index (κ3) is 3.01. The number of hydrogen-bond donors (Lipinski definition) is 0. The zero-order chi connectivity index (χ0) is 17.4. The molecule has 2 aromatic carbocycles. The van der Waals surface area contributed by atoms with Gasteiger partial charge in [-0.2, -0.15) is 4.31 Å². The zero-order valence-electron chi connectivity index (χ0n) is 13.8. The minimum atomic E-state index is -3.63. The van der Waals surface area contributed by atoms with Gasteiger partial charge in [-0.1, -0.05) is 54.6 Å². The van der Waals surface area contributed by atoms with Crippen LogP contribution in [0.5, 0.6) is 0 Å². The molecule has 0 amide bonds. The second-order valence-corrected chi connectivity index (χ2v) is 9.15. The van der Waals surface area contributed by atoms with Crippen LogP contribution >= 0.6 is 11.3 Å². The van der Waals surface area contributed by atoms with E-state index in [4.69, 9.17) is 0 Å². The van der Waals surface area contributed by atoms with E-state index >= 15 is 0 Å². The first-order valence-corrected chi connectivity index (χ1v) is 10.4. The van der Waals surface area contributed by atoms with Crippen LogP contribution in [0.1, 0.15) is 16.1 Å². The Kier molecular flexibility index (Phi) is 4.19. The molecule has 0 saturated heterocycles. The van der Waals surface area contributed by atoms with Crippen LogP contribution in [0.4, 0.5) is 0 Å². The predicted octanol–water partition coefficient (Wildman–Crippen LogP) is 3.87. The molecule has 0 N–H and O–H groups in total. The number of aryl methyl sites for hydroxylation is 1. The van der Waals surface area contributed by atoms with Crippen LogP contribution < -0.4 is 0 Å². The molecule has 1 aromatic heterocycles. The molecule has 4 nitrogen and oxygen atoms in total. The molecule has 1 aliphatic heterocycles. The maximum atomic E-state index is 13.3. The molecule has 1 aliphatic rings. The van der Waals surface area contributed by atoms with E-state index in [-0.39, 0.29) is 5.03 Å². The van der Waals surface area contributed by atoms with Gasteiger partial charge in [-0.3, -0.25) is 0 Å². The number of sulfonamides is 1. The Balaban J connectivity index is 1.75. The second-order valence-electron chi connectivity index (χ2n) is 6.09. The van der Waals surface area contributed by atoms with Crippen LogP contribution in [0.3, 0.4) is 0 Å². The molecule has 128 valence electrons. The Hall–Kier alpha value is -2.02. The van der Waals surface area contributed by atoms with E-state index in [9.17, 15) is 8.42 Å². The number of fused-ring (bicyclic) bond motifs is 1. The van der Waals surface area contributed by atoms with E-state index in [2.05, 4.69) is 11.1 Å². The van der Waals surface area contributed by atoms with E-state index in [1.165, 1.54) is 16.9 Å². The summed E-state index contributed by atoms with van der Waals surface area (Å²) in [5, 5.41) is 0.940. The van der Waals surface area contributed by atoms with Gasteiger partial charge in [0.2, 0.25) is 0 Å². The van der Waals surface area contributed by atoms with Crippen LogP contribution in [-0.2, 0) is 23.0 Å². The molecular weight excluding hydrogens is 352 g/mol. The number of rotatable bonds is 3. The summed E-state index contributed by atoms with van der Waals surface area (Å²) in [6, 6.07) is 17.6. The van der Waals surface area contributed by atoms with Crippen molar-refractivity contribution < 1.29 is 8.42 Å². The first-order valence-electron chi connectivity index (χ1n) is 8.15. The molecular formula is C19H18N2O2S2. The van der Waals surface area contributed by atoms with Crippen molar-refractivity contribution in [2.24, 2.45) is 0 Å². The number of thiazole rings is 1. The summed E-state index contributed by atoms with van der Waals surface area (Å²) < 4.78 is 28.1. The summed E-state index contributed by atoms with van der Waals surface area (Å²) in [6.45, 7) is 2.75. The summed E-state index contributed by atoms with van der Waals surface area (Å²) >= 11 is 1.43. The Morgan fingerprint density at radius 3 is 2.44 bits per heavy atom. The molecule has 0 unspecified atom stereocenters. The van der Waals surface area contributed by atoms with Gasteiger partial charge in [-0.15, -0.1) is 11.3 Å². The van der Waals surface area contributed by atoms with Crippen molar-refractivity contribution in [2.75, 3.05) is 6.54 Å². The first kappa shape index (κ1) is 16.4. The zero-order valence-corrected chi connectivity index (χ0v) is 15.5. The smallest absolute Gasteiger partial charge is 0.228 e. The van der Waals surface area contributed by atoms with Crippen molar-refractivity contribution in [3.8, 4) is 10.4 Å². The standard InChI is InChI=1S/C19H18N2O2S2/c1-14-20-19(18(24-14)16-8-3-2-4-9-16)25(22,23)21-12-11-15-7-5-6-10-17(15)13-21/h2-10H,11-13H2,1H3. The van der Waals surface area contributed by atoms with Crippen molar-refractivity contribution in [3.05, 3.63) is 70.7 Å². The quantitative estimate of drug-likeness (QED) is 0.703. The van der Waals surface area contributed by atoms with Crippen molar-refractivity contribution in [1.29, 1.82) is 0 Å². The summed E-state index contributed by atoms with van der Waals surface area (Å²) in [4.78, 5) is 5.10. The third-order valence-corrected chi connectivity index (χ3v) is 7.34. The van der Waals surface area contributed by atoms with E-state index in [1.54, 1.807) is 4.31 Å². The lowest BCUT2D eigenvalue weighted by molar-refractivity contribution is 0.390. The van der Waals surface area contributed by atoms with Crippen LogP contribution in [0.2, 0.25) is 0 Å². The van der Waals surface area contributed by atoms with Crippen LogP contribution in [0.25, 0.3) is 10.4 Å². The summed E-state index contributed by atoms with van der Waals surface area (Å²) in [5.41, 5.74) is 3.20. The number of benzene rings is 2. The average molecular weight is 370 g/mol. The SMILES string of the molecule is Cc1nc(S(=O)(=O)N2CCc3ccccc3C2)c(-c2ccccc2)s1. The summed E-state index contributed by atoms with van der Waals surface area (Å²) in [7, 11) is -3.63. The van der Waals surface area contributed by atoms with Crippen molar-refractivity contribution in [2.45, 2.75) is 24.9 Å². The molecule has 4 rings (SSSR count). The van der Waals surface area contributed by atoms with Gasteiger partial charge >= 0.3 is 0 Å². The predicted molar refractivity (Wildman–Crippen MR) is 100 cm³/mol. The molecule has 0 spiro atoms. The summed E-state index contributed by atoms with van der Waals surface area (Å²) in [5.74, 6) is 0. The van der Waals surface area contributed by atoms with Crippen molar-refractivity contribution in [1.82, 2.24) is 9.29 Å². The molecule has 0 aliphatic carbocycles. The van der Waals surface area contributed by atoms with Crippen LogP contribution in [0, 0.1) is 6.92 Å². The average Bonchev–Trinajstić information content (AvgIpc) is 3.05. The van der Waals surface area contributed by atoms with Crippen molar-refractivity contribution in [3.63, 3.8) is 0 Å². The second kappa shape index (κ2) is 6.37. The van der Waals surface area contributed by atoms with Gasteiger partial charge in [0.25, 0.3) is 10.0 Å². The Labute approximate surface area is 151 Å². The maximum absolute atomic E-state index is 13.3. The molecule has 0 radical (unpaired) electrons. The van der Waals surface area contributed by atoms with E-state index in [0.29, 0.717) is 13.1 Å². The topological polar surface area (TPSA) is 50.3 Å². The highest BCUT2D eigenvalue weighted by atomic mass is 32.2. The molecule has 25 heavy (non-hydrogen) atoms. The molecule has 0 bridgehead atoms. The molecule has 0 atom stereocenters. The van der Waals surface area contributed by atoms with Crippen LogP contribution in [-0.4, -0.2) is 24.3 Å². The summed E-state index contributed by atoms with van der Waals surface area (Å²) in [6.07, 6.45) is 0.735. The van der Waals surface area contributed by atoms with Gasteiger partial charge in [0.05, 0.1) is 9.88 Å². The van der Waals surface area contributed by atoms with Crippen molar-refractivity contribution >= 4 is 21.4 Å². The molecule has 0 saturated carbocycles. The molecule has 0 fully saturated rings. The Morgan fingerprint density at radius 1 is 1.00 bits per heavy atom. The molecule has 3 aromatic rings. The minimum Gasteiger partial charge on any atom is -0.228 e. The monoisotopic (exact) mass is 370 g/mol. The largest absolute Gasteiger partial charge is 0.262 e. The highest BCUT2D eigenvalue weighted by molar-refractivity contribution is 7.89. The lowest BCUT2D eigenvalue weighted by Gasteiger charge is -2.27. The first-order chi connectivity index (χ1) is 12.1. The van der Waals surface area contributed by atoms with Crippen LogP contribution in [0.15, 0.2) is 59.6 Å². The Morgan fingerprint density at radius 2 is 1.68 bits per heavy atom. The number of aromatic nitrogens is 1. The fraction of sp³-hybridized carbons (Fsp3) is 0.211. The lowest BCUT2D eigenvalue weighted by atomic mass is 10.0. The fourth-order valence-electron chi connectivity index (χ4n) is 3.15. The van der Waals surface area contributed by atoms with E-state index < -0.39 is 10.0 Å². The molecule has 6 heteroatoms. The van der Waals surface area contributed by atoms with Gasteiger partial charge in [-0.25, -0.2) is 13.4 Å². The highest BCUT2D eigenvalue weighted by Crippen LogP contribution is 2.35. The normalized spacial score (nSPS) is 15.1. The van der Waals surface area contributed by atoms with Gasteiger partial charge in [0.1, 0.15) is 0 Å². The number of hydrogen-bond acceptors (Lipinski definition) is 4. The highest BCUT2D eigenvalue weighted by Gasteiger charge is 2.32. The maximum Gasteiger partial charge on any atom is 0.262 e.